The fourth-order valence-electron chi connectivity index (χ4n) is 1.45. The largest absolute Gasteiger partial charge is 0.463 e. The van der Waals surface area contributed by atoms with Gasteiger partial charge in [-0.25, -0.2) is 4.79 Å². The Morgan fingerprint density at radius 3 is 2.50 bits per heavy atom. The molecular weight excluding hydrogens is 200 g/mol. The van der Waals surface area contributed by atoms with Crippen LogP contribution in [0.5, 0.6) is 0 Å². The third-order valence-corrected chi connectivity index (χ3v) is 2.35. The Kier molecular flexibility index (Phi) is 5.34. The van der Waals surface area contributed by atoms with Gasteiger partial charge >= 0.3 is 5.97 Å². The number of carbonyl (C=O) groups is 1. The van der Waals surface area contributed by atoms with E-state index in [1.165, 1.54) is 5.56 Å². The van der Waals surface area contributed by atoms with E-state index in [1.54, 1.807) is 0 Å². The van der Waals surface area contributed by atoms with E-state index in [0.29, 0.717) is 13.0 Å². The second kappa shape index (κ2) is 6.83. The monoisotopic (exact) mass is 218 g/mol. The Bertz CT molecular complexity index is 352. The molecule has 0 aliphatic carbocycles. The molecule has 2 nitrogen and oxygen atoms in total. The van der Waals surface area contributed by atoms with Gasteiger partial charge in [-0.15, -0.1) is 0 Å². The number of hydrogen-bond donors (Lipinski definition) is 0. The summed E-state index contributed by atoms with van der Waals surface area (Å²) in [6, 6.07) is 10.1. The van der Waals surface area contributed by atoms with Crippen molar-refractivity contribution in [3.05, 3.63) is 47.5 Å². The van der Waals surface area contributed by atoms with E-state index in [1.807, 2.05) is 38.1 Å². The van der Waals surface area contributed by atoms with Crippen LogP contribution in [0.3, 0.4) is 0 Å². The summed E-state index contributed by atoms with van der Waals surface area (Å²) in [7, 11) is 0. The Morgan fingerprint density at radius 1 is 1.25 bits per heavy atom. The minimum Gasteiger partial charge on any atom is -0.463 e. The molecule has 0 radical (unpaired) electrons. The normalized spacial score (nSPS) is 11.2. The van der Waals surface area contributed by atoms with Crippen LogP contribution in [-0.4, -0.2) is 12.6 Å². The first-order chi connectivity index (χ1) is 7.77. The first-order valence-electron chi connectivity index (χ1n) is 5.68. The minimum atomic E-state index is -0.194. The van der Waals surface area contributed by atoms with Gasteiger partial charge < -0.3 is 4.74 Å². The highest BCUT2D eigenvalue weighted by Crippen LogP contribution is 2.07. The third-order valence-electron chi connectivity index (χ3n) is 2.35. The van der Waals surface area contributed by atoms with E-state index in [0.717, 1.165) is 12.0 Å². The Labute approximate surface area is 96.9 Å². The molecule has 0 saturated heterocycles. The lowest BCUT2D eigenvalue weighted by atomic mass is 10.1. The molecule has 0 unspecified atom stereocenters. The summed E-state index contributed by atoms with van der Waals surface area (Å²) in [6.45, 7) is 4.22. The molecule has 86 valence electrons. The first-order valence-corrected chi connectivity index (χ1v) is 5.68. The van der Waals surface area contributed by atoms with Crippen LogP contribution in [0.2, 0.25) is 0 Å². The second-order valence-corrected chi connectivity index (χ2v) is 3.49. The molecular formula is C14H18O2. The van der Waals surface area contributed by atoms with E-state index < -0.39 is 0 Å². The number of rotatable bonds is 5. The zero-order valence-electron chi connectivity index (χ0n) is 9.90. The maximum absolute atomic E-state index is 11.5. The lowest BCUT2D eigenvalue weighted by molar-refractivity contribution is -0.138. The molecule has 0 aliphatic rings. The first kappa shape index (κ1) is 12.5. The molecule has 0 fully saturated rings. The topological polar surface area (TPSA) is 26.3 Å². The van der Waals surface area contributed by atoms with Crippen molar-refractivity contribution in [1.82, 2.24) is 0 Å². The SMILES string of the molecule is CCOC(=O)C(=CCc1ccccc1)CC. The van der Waals surface area contributed by atoms with Crippen LogP contribution in [0, 0.1) is 0 Å². The third kappa shape index (κ3) is 3.89. The summed E-state index contributed by atoms with van der Waals surface area (Å²) in [5.41, 5.74) is 1.96. The summed E-state index contributed by atoms with van der Waals surface area (Å²) in [4.78, 5) is 11.5. The van der Waals surface area contributed by atoms with Crippen molar-refractivity contribution in [3.63, 3.8) is 0 Å². The van der Waals surface area contributed by atoms with Crippen molar-refractivity contribution >= 4 is 5.97 Å². The summed E-state index contributed by atoms with van der Waals surface area (Å²) in [5, 5.41) is 0. The highest BCUT2D eigenvalue weighted by Gasteiger charge is 2.06. The maximum atomic E-state index is 11.5. The van der Waals surface area contributed by atoms with Gasteiger partial charge in [-0.2, -0.15) is 0 Å². The summed E-state index contributed by atoms with van der Waals surface area (Å²) in [6.07, 6.45) is 3.45. The Balaban J connectivity index is 2.63. The Morgan fingerprint density at radius 2 is 1.94 bits per heavy atom. The molecule has 1 rings (SSSR count). The molecule has 0 aliphatic heterocycles. The predicted molar refractivity (Wildman–Crippen MR) is 65.2 cm³/mol. The molecule has 2 heteroatoms. The standard InChI is InChI=1S/C14H18O2/c1-3-13(14(15)16-4-2)11-10-12-8-6-5-7-9-12/h5-9,11H,3-4,10H2,1-2H3. The number of ether oxygens (including phenoxy) is 1. The average Bonchev–Trinajstić information content (AvgIpc) is 2.31. The molecule has 1 aromatic carbocycles. The van der Waals surface area contributed by atoms with Crippen LogP contribution in [0.4, 0.5) is 0 Å². The summed E-state index contributed by atoms with van der Waals surface area (Å²) < 4.78 is 4.98. The summed E-state index contributed by atoms with van der Waals surface area (Å²) in [5.74, 6) is -0.194. The average molecular weight is 218 g/mol. The van der Waals surface area contributed by atoms with Crippen LogP contribution in [-0.2, 0) is 16.0 Å². The quantitative estimate of drug-likeness (QED) is 0.560. The van der Waals surface area contributed by atoms with Gasteiger partial charge in [0.05, 0.1) is 6.61 Å². The molecule has 16 heavy (non-hydrogen) atoms. The molecule has 1 aromatic rings. The smallest absolute Gasteiger partial charge is 0.333 e. The number of esters is 1. The fourth-order valence-corrected chi connectivity index (χ4v) is 1.45. The van der Waals surface area contributed by atoms with E-state index in [2.05, 4.69) is 12.1 Å². The lowest BCUT2D eigenvalue weighted by Gasteiger charge is -2.04. The molecule has 0 spiro atoms. The van der Waals surface area contributed by atoms with Crippen LogP contribution in [0.1, 0.15) is 25.8 Å². The zero-order chi connectivity index (χ0) is 11.8. The maximum Gasteiger partial charge on any atom is 0.333 e. The summed E-state index contributed by atoms with van der Waals surface area (Å²) >= 11 is 0. The second-order valence-electron chi connectivity index (χ2n) is 3.49. The zero-order valence-corrected chi connectivity index (χ0v) is 9.90. The predicted octanol–water partition coefficient (Wildman–Crippen LogP) is 3.13. The van der Waals surface area contributed by atoms with Crippen molar-refractivity contribution in [2.24, 2.45) is 0 Å². The number of benzene rings is 1. The van der Waals surface area contributed by atoms with Crippen LogP contribution < -0.4 is 0 Å². The molecule has 0 bridgehead atoms. The Hall–Kier alpha value is -1.57. The van der Waals surface area contributed by atoms with Gasteiger partial charge in [0.1, 0.15) is 0 Å². The van der Waals surface area contributed by atoms with Crippen LogP contribution in [0.15, 0.2) is 42.0 Å². The highest BCUT2D eigenvalue weighted by molar-refractivity contribution is 5.88. The van der Waals surface area contributed by atoms with Gasteiger partial charge in [-0.1, -0.05) is 43.3 Å². The van der Waals surface area contributed by atoms with Crippen LogP contribution in [0.25, 0.3) is 0 Å². The van der Waals surface area contributed by atoms with Crippen LogP contribution >= 0.6 is 0 Å². The van der Waals surface area contributed by atoms with Crippen molar-refractivity contribution in [2.75, 3.05) is 6.61 Å². The van der Waals surface area contributed by atoms with E-state index >= 15 is 0 Å². The van der Waals surface area contributed by atoms with E-state index in [4.69, 9.17) is 4.74 Å². The fraction of sp³-hybridized carbons (Fsp3) is 0.357. The van der Waals surface area contributed by atoms with E-state index in [9.17, 15) is 4.79 Å². The molecule has 0 N–H and O–H groups in total. The van der Waals surface area contributed by atoms with Gasteiger partial charge in [0.15, 0.2) is 0 Å². The lowest BCUT2D eigenvalue weighted by Crippen LogP contribution is -2.07. The molecule has 0 heterocycles. The van der Waals surface area contributed by atoms with Gasteiger partial charge in [0.25, 0.3) is 0 Å². The van der Waals surface area contributed by atoms with Gasteiger partial charge in [0, 0.05) is 5.57 Å². The number of hydrogen-bond acceptors (Lipinski definition) is 2. The van der Waals surface area contributed by atoms with Gasteiger partial charge in [-0.05, 0) is 25.3 Å². The minimum absolute atomic E-state index is 0.194. The molecule has 0 aromatic heterocycles. The van der Waals surface area contributed by atoms with Crippen molar-refractivity contribution in [3.8, 4) is 0 Å². The number of carbonyl (C=O) groups excluding carboxylic acids is 1. The van der Waals surface area contributed by atoms with Gasteiger partial charge in [0.2, 0.25) is 0 Å². The van der Waals surface area contributed by atoms with Crippen molar-refractivity contribution in [1.29, 1.82) is 0 Å². The van der Waals surface area contributed by atoms with Crippen molar-refractivity contribution < 1.29 is 9.53 Å². The molecule has 0 saturated carbocycles. The van der Waals surface area contributed by atoms with Gasteiger partial charge in [-0.3, -0.25) is 0 Å². The molecule has 0 atom stereocenters. The van der Waals surface area contributed by atoms with E-state index in [-0.39, 0.29) is 5.97 Å². The number of allylic oxidation sites excluding steroid dienone is 1. The highest BCUT2D eigenvalue weighted by atomic mass is 16.5. The molecule has 0 amide bonds. The van der Waals surface area contributed by atoms with Crippen molar-refractivity contribution in [2.45, 2.75) is 26.7 Å².